The Morgan fingerprint density at radius 2 is 1.85 bits per heavy atom. The third kappa shape index (κ3) is 5.96. The predicted molar refractivity (Wildman–Crippen MR) is 108 cm³/mol. The van der Waals surface area contributed by atoms with Gasteiger partial charge in [-0.05, 0) is 13.8 Å². The first-order valence-corrected chi connectivity index (χ1v) is 13.5. The second-order valence-corrected chi connectivity index (χ2v) is 11.3. The van der Waals surface area contributed by atoms with Crippen LogP contribution in [0.15, 0.2) is 12.5 Å². The van der Waals surface area contributed by atoms with Crippen LogP contribution in [0.25, 0.3) is 11.2 Å². The zero-order chi connectivity index (χ0) is 25.5. The number of ether oxygens (including phenoxy) is 1. The van der Waals surface area contributed by atoms with E-state index in [1.807, 2.05) is 0 Å². The van der Waals surface area contributed by atoms with Crippen LogP contribution in [-0.4, -0.2) is 73.7 Å². The fourth-order valence-corrected chi connectivity index (χ4v) is 6.10. The van der Waals surface area contributed by atoms with E-state index < -0.39 is 54.1 Å². The zero-order valence-corrected chi connectivity index (χ0v) is 19.9. The van der Waals surface area contributed by atoms with Crippen molar-refractivity contribution in [3.8, 4) is 11.8 Å². The lowest BCUT2D eigenvalue weighted by molar-refractivity contribution is -0.0718. The lowest BCUT2D eigenvalue weighted by Crippen LogP contribution is -2.46. The number of hydrogen-bond donors (Lipinski definition) is 6. The van der Waals surface area contributed by atoms with E-state index in [4.69, 9.17) is 14.5 Å². The van der Waals surface area contributed by atoms with Crippen molar-refractivity contribution in [1.29, 1.82) is 0 Å². The first-order chi connectivity index (χ1) is 15.6. The second kappa shape index (κ2) is 9.45. The molecule has 1 fully saturated rings. The number of imidazole rings is 1. The molecule has 0 aromatic carbocycles. The first-order valence-electron chi connectivity index (χ1n) is 9.01. The quantitative estimate of drug-likeness (QED) is 0.181. The number of phosphoric acid groups is 3. The molecule has 3 unspecified atom stereocenters. The summed E-state index contributed by atoms with van der Waals surface area (Å²) in [6, 6.07) is 0. The van der Waals surface area contributed by atoms with Crippen molar-refractivity contribution in [2.75, 3.05) is 6.61 Å². The molecule has 188 valence electrons. The van der Waals surface area contributed by atoms with Crippen molar-refractivity contribution < 1.29 is 61.4 Å². The van der Waals surface area contributed by atoms with Crippen LogP contribution in [0.5, 0.6) is 0 Å². The van der Waals surface area contributed by atoms with Crippen LogP contribution >= 0.6 is 23.5 Å². The Kier molecular flexibility index (Phi) is 7.51. The van der Waals surface area contributed by atoms with Gasteiger partial charge in [-0.2, -0.15) is 8.62 Å². The summed E-state index contributed by atoms with van der Waals surface area (Å²) in [5, 5.41) is 21.7. The first kappa shape index (κ1) is 27.0. The maximum absolute atomic E-state index is 12.0. The molecular weight excluding hydrogens is 525 g/mol. The van der Waals surface area contributed by atoms with Gasteiger partial charge in [0.05, 0.1) is 19.1 Å². The van der Waals surface area contributed by atoms with Gasteiger partial charge in [0.25, 0.3) is 0 Å². The van der Waals surface area contributed by atoms with Crippen LogP contribution in [0, 0.1) is 18.8 Å². The van der Waals surface area contributed by atoms with Crippen molar-refractivity contribution in [3.63, 3.8) is 0 Å². The summed E-state index contributed by atoms with van der Waals surface area (Å²) in [4.78, 5) is 48.3. The summed E-state index contributed by atoms with van der Waals surface area (Å²) in [5.74, 6) is 5.21. The molecule has 20 heteroatoms. The van der Waals surface area contributed by atoms with E-state index in [1.165, 1.54) is 24.0 Å². The lowest BCUT2D eigenvalue weighted by atomic mass is 9.94. The molecule has 0 amide bonds. The summed E-state index contributed by atoms with van der Waals surface area (Å²) in [7, 11) is -16.8. The fourth-order valence-electron chi connectivity index (χ4n) is 3.07. The Hall–Kier alpha value is -1.60. The van der Waals surface area contributed by atoms with Crippen molar-refractivity contribution in [1.82, 2.24) is 19.5 Å². The molecule has 0 radical (unpaired) electrons. The molecule has 1 aliphatic heterocycles. The molecule has 0 bridgehead atoms. The highest BCUT2D eigenvalue weighted by Gasteiger charge is 2.56. The van der Waals surface area contributed by atoms with Crippen LogP contribution in [0.3, 0.4) is 0 Å². The SMILES string of the molecule is CC#CC1(O)[C@@H](O)[C@@H](COP(=O)(O)OP(=O)(O)OP(=O)(O)O)O[C@H]1n1cnc2cnc(C)nc21. The highest BCUT2D eigenvalue weighted by Crippen LogP contribution is 2.66. The molecule has 0 spiro atoms. The van der Waals surface area contributed by atoms with E-state index in [9.17, 15) is 33.7 Å². The standard InChI is InChI=1S/C14H19N4O13P3/c1-3-4-14(20)11(19)10(6-28-33(24,25)31-34(26,27)30-32(21,22)23)29-13(14)18-7-16-9-5-15-8(2)17-12(9)18/h5,7,10-11,13,19-20H,6H2,1-2H3,(H,24,25)(H,26,27)(H2,21,22,23)/t10-,11+,13-,14?/m1/s1. The minimum absolute atomic E-state index is 0.217. The molecule has 17 nitrogen and oxygen atoms in total. The fraction of sp³-hybridized carbons (Fsp3) is 0.500. The number of rotatable bonds is 8. The molecule has 2 aromatic rings. The van der Waals surface area contributed by atoms with Gasteiger partial charge in [-0.1, -0.05) is 5.92 Å². The Labute approximate surface area is 190 Å². The van der Waals surface area contributed by atoms with Gasteiger partial charge in [0.1, 0.15) is 23.5 Å². The number of aryl methyl sites for hydroxylation is 1. The van der Waals surface area contributed by atoms with Crippen molar-refractivity contribution in [3.05, 3.63) is 18.3 Å². The Morgan fingerprint density at radius 3 is 2.47 bits per heavy atom. The van der Waals surface area contributed by atoms with Crippen LogP contribution < -0.4 is 0 Å². The Morgan fingerprint density at radius 1 is 1.18 bits per heavy atom. The monoisotopic (exact) mass is 544 g/mol. The van der Waals surface area contributed by atoms with Gasteiger partial charge in [0.2, 0.25) is 0 Å². The largest absolute Gasteiger partial charge is 0.490 e. The number of fused-ring (bicyclic) bond motifs is 1. The minimum atomic E-state index is -5.73. The lowest BCUT2D eigenvalue weighted by Gasteiger charge is -2.26. The van der Waals surface area contributed by atoms with Gasteiger partial charge < -0.3 is 34.5 Å². The molecule has 6 atom stereocenters. The molecule has 34 heavy (non-hydrogen) atoms. The van der Waals surface area contributed by atoms with Gasteiger partial charge in [-0.15, -0.1) is 5.92 Å². The van der Waals surface area contributed by atoms with Crippen molar-refractivity contribution >= 4 is 34.6 Å². The minimum Gasteiger partial charge on any atom is -0.386 e. The third-order valence-electron chi connectivity index (χ3n) is 4.32. The molecule has 3 heterocycles. The van der Waals surface area contributed by atoms with Crippen LogP contribution in [-0.2, 0) is 31.6 Å². The zero-order valence-electron chi connectivity index (χ0n) is 17.3. The smallest absolute Gasteiger partial charge is 0.386 e. The number of phosphoric ester groups is 1. The Balaban J connectivity index is 1.83. The van der Waals surface area contributed by atoms with E-state index in [-0.39, 0.29) is 5.65 Å². The molecule has 1 saturated heterocycles. The molecule has 0 saturated carbocycles. The van der Waals surface area contributed by atoms with Crippen LogP contribution in [0.2, 0.25) is 0 Å². The highest BCUT2D eigenvalue weighted by molar-refractivity contribution is 7.66. The number of aliphatic hydroxyl groups excluding tert-OH is 1. The molecule has 3 rings (SSSR count). The van der Waals surface area contributed by atoms with Crippen molar-refractivity contribution in [2.45, 2.75) is 37.9 Å². The van der Waals surface area contributed by atoms with Gasteiger partial charge in [-0.3, -0.25) is 9.09 Å². The number of nitrogens with zero attached hydrogens (tertiary/aromatic N) is 4. The van der Waals surface area contributed by atoms with E-state index in [1.54, 1.807) is 6.92 Å². The van der Waals surface area contributed by atoms with E-state index in [2.05, 4.69) is 39.9 Å². The summed E-state index contributed by atoms with van der Waals surface area (Å²) < 4.78 is 52.7. The molecular formula is C14H19N4O13P3. The summed E-state index contributed by atoms with van der Waals surface area (Å²) >= 11 is 0. The maximum atomic E-state index is 12.0. The average molecular weight is 544 g/mol. The summed E-state index contributed by atoms with van der Waals surface area (Å²) in [6.07, 6.45) is -2.19. The Bertz CT molecular complexity index is 1280. The maximum Gasteiger partial charge on any atom is 0.490 e. The molecule has 6 N–H and O–H groups in total. The predicted octanol–water partition coefficient (Wildman–Crippen LogP) is -0.509. The van der Waals surface area contributed by atoms with E-state index in [0.717, 1.165) is 0 Å². The highest BCUT2D eigenvalue weighted by atomic mass is 31.3. The molecule has 1 aliphatic rings. The molecule has 2 aromatic heterocycles. The van der Waals surface area contributed by atoms with Crippen molar-refractivity contribution in [2.24, 2.45) is 0 Å². The van der Waals surface area contributed by atoms with Gasteiger partial charge >= 0.3 is 23.5 Å². The summed E-state index contributed by atoms with van der Waals surface area (Å²) in [5.41, 5.74) is -1.74. The van der Waals surface area contributed by atoms with Crippen LogP contribution in [0.1, 0.15) is 19.0 Å². The number of aliphatic hydroxyl groups is 2. The second-order valence-electron chi connectivity index (χ2n) is 6.84. The normalized spacial score (nSPS) is 28.8. The topological polar surface area (TPSA) is 253 Å². The van der Waals surface area contributed by atoms with E-state index in [0.29, 0.717) is 11.3 Å². The van der Waals surface area contributed by atoms with Gasteiger partial charge in [0, 0.05) is 0 Å². The summed E-state index contributed by atoms with van der Waals surface area (Å²) in [6.45, 7) is 1.97. The number of aromatic nitrogens is 4. The van der Waals surface area contributed by atoms with E-state index >= 15 is 0 Å². The molecule has 0 aliphatic carbocycles. The van der Waals surface area contributed by atoms with Crippen LogP contribution in [0.4, 0.5) is 0 Å². The van der Waals surface area contributed by atoms with Gasteiger partial charge in [0.15, 0.2) is 17.5 Å². The third-order valence-corrected chi connectivity index (χ3v) is 8.12. The van der Waals surface area contributed by atoms with Gasteiger partial charge in [-0.25, -0.2) is 28.6 Å². The average Bonchev–Trinajstić information content (AvgIpc) is 3.17. The number of hydrogen-bond acceptors (Lipinski definition) is 12.